The summed E-state index contributed by atoms with van der Waals surface area (Å²) in [4.78, 5) is 17.8. The standard InChI is InChI=1S/C17H20N6/c1-3-13-15(21-9-8-20-13)14-6-7-22-16(23-14)17(19)10-12(18)5-4-11(17)2/h4-9H,3,10,18-19H2,1-2H3. The van der Waals surface area contributed by atoms with Gasteiger partial charge in [-0.05, 0) is 31.1 Å². The molecule has 2 heterocycles. The quantitative estimate of drug-likeness (QED) is 0.896. The van der Waals surface area contributed by atoms with Crippen molar-refractivity contribution < 1.29 is 0 Å². The second kappa shape index (κ2) is 5.89. The number of aryl methyl sites for hydroxylation is 1. The van der Waals surface area contributed by atoms with Crippen molar-refractivity contribution >= 4 is 0 Å². The molecule has 2 aromatic heterocycles. The third kappa shape index (κ3) is 2.73. The maximum Gasteiger partial charge on any atom is 0.153 e. The van der Waals surface area contributed by atoms with Gasteiger partial charge >= 0.3 is 0 Å². The Kier molecular flexibility index (Phi) is 3.92. The summed E-state index contributed by atoms with van der Waals surface area (Å²) in [7, 11) is 0. The Labute approximate surface area is 135 Å². The van der Waals surface area contributed by atoms with Crippen LogP contribution in [0.25, 0.3) is 11.4 Å². The average Bonchev–Trinajstić information content (AvgIpc) is 2.58. The topological polar surface area (TPSA) is 104 Å². The number of nitrogens with two attached hydrogens (primary N) is 2. The fraction of sp³-hybridized carbons (Fsp3) is 0.294. The highest BCUT2D eigenvalue weighted by atomic mass is 15.0. The molecule has 0 saturated carbocycles. The number of aromatic nitrogens is 4. The fourth-order valence-electron chi connectivity index (χ4n) is 2.70. The normalized spacial score (nSPS) is 20.8. The molecule has 0 amide bonds. The number of rotatable bonds is 3. The summed E-state index contributed by atoms with van der Waals surface area (Å²) in [5.41, 5.74) is 15.9. The molecule has 0 aromatic carbocycles. The molecule has 0 spiro atoms. The lowest BCUT2D eigenvalue weighted by Crippen LogP contribution is -2.42. The maximum absolute atomic E-state index is 6.58. The van der Waals surface area contributed by atoms with Crippen molar-refractivity contribution in [2.45, 2.75) is 32.2 Å². The SMILES string of the molecule is CCc1nccnc1-c1ccnc(C2(N)CC(N)=CC=C2C)n1. The molecule has 1 aliphatic carbocycles. The van der Waals surface area contributed by atoms with Gasteiger partial charge in [0.05, 0.1) is 11.4 Å². The summed E-state index contributed by atoms with van der Waals surface area (Å²) >= 11 is 0. The van der Waals surface area contributed by atoms with Crippen LogP contribution in [-0.2, 0) is 12.0 Å². The Balaban J connectivity index is 2.08. The zero-order valence-corrected chi connectivity index (χ0v) is 13.3. The predicted molar refractivity (Wildman–Crippen MR) is 88.9 cm³/mol. The Morgan fingerprint density at radius 2 is 1.91 bits per heavy atom. The van der Waals surface area contributed by atoms with Crippen LogP contribution in [0.1, 0.15) is 31.8 Å². The highest BCUT2D eigenvalue weighted by Crippen LogP contribution is 2.33. The first-order valence-electron chi connectivity index (χ1n) is 7.60. The van der Waals surface area contributed by atoms with Crippen LogP contribution in [0.5, 0.6) is 0 Å². The average molecular weight is 308 g/mol. The number of hydrogen-bond donors (Lipinski definition) is 2. The molecule has 3 rings (SSSR count). The van der Waals surface area contributed by atoms with Crippen molar-refractivity contribution in [2.75, 3.05) is 0 Å². The van der Waals surface area contributed by atoms with Gasteiger partial charge in [-0.25, -0.2) is 9.97 Å². The van der Waals surface area contributed by atoms with Crippen LogP contribution >= 0.6 is 0 Å². The molecular weight excluding hydrogens is 288 g/mol. The van der Waals surface area contributed by atoms with E-state index in [1.807, 2.05) is 32.1 Å². The zero-order chi connectivity index (χ0) is 16.4. The van der Waals surface area contributed by atoms with E-state index in [-0.39, 0.29) is 0 Å². The minimum Gasteiger partial charge on any atom is -0.402 e. The van der Waals surface area contributed by atoms with E-state index in [0.29, 0.717) is 12.2 Å². The summed E-state index contributed by atoms with van der Waals surface area (Å²) in [6.45, 7) is 4.01. The van der Waals surface area contributed by atoms with Crippen molar-refractivity contribution in [2.24, 2.45) is 11.5 Å². The van der Waals surface area contributed by atoms with Gasteiger partial charge in [0.1, 0.15) is 11.2 Å². The molecule has 23 heavy (non-hydrogen) atoms. The van der Waals surface area contributed by atoms with Crippen molar-refractivity contribution in [3.63, 3.8) is 0 Å². The molecule has 0 aliphatic heterocycles. The molecule has 4 N–H and O–H groups in total. The third-order valence-corrected chi connectivity index (χ3v) is 4.14. The van der Waals surface area contributed by atoms with Crippen LogP contribution in [0.2, 0.25) is 0 Å². The van der Waals surface area contributed by atoms with Gasteiger partial charge < -0.3 is 11.5 Å². The highest BCUT2D eigenvalue weighted by Gasteiger charge is 2.35. The predicted octanol–water partition coefficient (Wildman–Crippen LogP) is 1.84. The van der Waals surface area contributed by atoms with Crippen LogP contribution in [0.15, 0.2) is 48.1 Å². The van der Waals surface area contributed by atoms with Crippen LogP contribution in [0.3, 0.4) is 0 Å². The molecule has 0 saturated heterocycles. The van der Waals surface area contributed by atoms with E-state index in [4.69, 9.17) is 11.5 Å². The van der Waals surface area contributed by atoms with E-state index in [2.05, 4.69) is 19.9 Å². The Bertz CT molecular complexity index is 795. The Morgan fingerprint density at radius 1 is 1.13 bits per heavy atom. The molecule has 118 valence electrons. The Morgan fingerprint density at radius 3 is 2.70 bits per heavy atom. The van der Waals surface area contributed by atoms with Crippen LogP contribution < -0.4 is 11.5 Å². The lowest BCUT2D eigenvalue weighted by molar-refractivity contribution is 0.478. The van der Waals surface area contributed by atoms with Gasteiger partial charge in [0.2, 0.25) is 0 Å². The molecule has 1 unspecified atom stereocenters. The second-order valence-electron chi connectivity index (χ2n) is 5.71. The Hall–Kier alpha value is -2.60. The molecule has 6 heteroatoms. The first-order valence-corrected chi connectivity index (χ1v) is 7.60. The highest BCUT2D eigenvalue weighted by molar-refractivity contribution is 5.56. The van der Waals surface area contributed by atoms with Gasteiger partial charge in [0.15, 0.2) is 5.82 Å². The molecule has 6 nitrogen and oxygen atoms in total. The molecule has 1 aliphatic rings. The molecule has 0 bridgehead atoms. The summed E-state index contributed by atoms with van der Waals surface area (Å²) < 4.78 is 0. The fourth-order valence-corrected chi connectivity index (χ4v) is 2.70. The van der Waals surface area contributed by atoms with E-state index in [0.717, 1.165) is 34.8 Å². The number of nitrogens with zero attached hydrogens (tertiary/aromatic N) is 4. The summed E-state index contributed by atoms with van der Waals surface area (Å²) in [6.07, 6.45) is 10.2. The van der Waals surface area contributed by atoms with E-state index < -0.39 is 5.54 Å². The molecule has 0 radical (unpaired) electrons. The smallest absolute Gasteiger partial charge is 0.153 e. The molecule has 1 atom stereocenters. The number of allylic oxidation sites excluding steroid dienone is 2. The van der Waals surface area contributed by atoms with E-state index in [9.17, 15) is 0 Å². The van der Waals surface area contributed by atoms with Crippen molar-refractivity contribution in [1.82, 2.24) is 19.9 Å². The lowest BCUT2D eigenvalue weighted by atomic mass is 9.82. The van der Waals surface area contributed by atoms with Crippen LogP contribution in [0.4, 0.5) is 0 Å². The third-order valence-electron chi connectivity index (χ3n) is 4.14. The van der Waals surface area contributed by atoms with E-state index in [1.165, 1.54) is 0 Å². The lowest BCUT2D eigenvalue weighted by Gasteiger charge is -2.31. The summed E-state index contributed by atoms with van der Waals surface area (Å²) in [5.74, 6) is 0.549. The molecule has 2 aromatic rings. The minimum atomic E-state index is -0.788. The summed E-state index contributed by atoms with van der Waals surface area (Å²) in [6, 6.07) is 1.83. The van der Waals surface area contributed by atoms with Gasteiger partial charge in [0, 0.05) is 30.7 Å². The van der Waals surface area contributed by atoms with Crippen molar-refractivity contribution in [3.05, 3.63) is 59.6 Å². The van der Waals surface area contributed by atoms with Crippen LogP contribution in [0, 0.1) is 0 Å². The van der Waals surface area contributed by atoms with Crippen LogP contribution in [-0.4, -0.2) is 19.9 Å². The molecular formula is C17H20N6. The largest absolute Gasteiger partial charge is 0.402 e. The summed E-state index contributed by atoms with van der Waals surface area (Å²) in [5, 5.41) is 0. The van der Waals surface area contributed by atoms with Crippen molar-refractivity contribution in [1.29, 1.82) is 0 Å². The van der Waals surface area contributed by atoms with Gasteiger partial charge in [0.25, 0.3) is 0 Å². The number of hydrogen-bond acceptors (Lipinski definition) is 6. The van der Waals surface area contributed by atoms with Crippen molar-refractivity contribution in [3.8, 4) is 11.4 Å². The first-order chi connectivity index (χ1) is 11.0. The first kappa shape index (κ1) is 15.3. The monoisotopic (exact) mass is 308 g/mol. The van der Waals surface area contributed by atoms with Gasteiger partial charge in [-0.2, -0.15) is 0 Å². The van der Waals surface area contributed by atoms with E-state index in [1.54, 1.807) is 18.6 Å². The van der Waals surface area contributed by atoms with Gasteiger partial charge in [-0.1, -0.05) is 13.0 Å². The maximum atomic E-state index is 6.58. The van der Waals surface area contributed by atoms with Gasteiger partial charge in [-0.15, -0.1) is 0 Å². The van der Waals surface area contributed by atoms with Gasteiger partial charge in [-0.3, -0.25) is 9.97 Å². The van der Waals surface area contributed by atoms with E-state index >= 15 is 0 Å². The minimum absolute atomic E-state index is 0.500. The zero-order valence-electron chi connectivity index (χ0n) is 13.3. The molecule has 0 fully saturated rings. The second-order valence-corrected chi connectivity index (χ2v) is 5.71.